The normalized spacial score (nSPS) is 16.3. The van der Waals surface area contributed by atoms with Gasteiger partial charge in [-0.25, -0.2) is 4.98 Å². The number of benzene rings is 1. The van der Waals surface area contributed by atoms with Crippen molar-refractivity contribution in [1.82, 2.24) is 19.8 Å². The molecule has 0 radical (unpaired) electrons. The number of fused-ring (bicyclic) bond motifs is 1. The Bertz CT molecular complexity index is 932. The van der Waals surface area contributed by atoms with Gasteiger partial charge in [0.1, 0.15) is 5.82 Å². The van der Waals surface area contributed by atoms with Crippen molar-refractivity contribution in [1.29, 1.82) is 0 Å². The third kappa shape index (κ3) is 4.15. The van der Waals surface area contributed by atoms with Crippen LogP contribution in [0.2, 0.25) is 5.02 Å². The molecule has 1 saturated heterocycles. The maximum atomic E-state index is 12.3. The predicted molar refractivity (Wildman–Crippen MR) is 107 cm³/mol. The number of hydrogen-bond acceptors (Lipinski definition) is 5. The zero-order valence-corrected chi connectivity index (χ0v) is 16.0. The molecular weight excluding hydrogens is 368 g/mol. The van der Waals surface area contributed by atoms with Crippen LogP contribution in [0.1, 0.15) is 10.7 Å². The van der Waals surface area contributed by atoms with Gasteiger partial charge in [-0.05, 0) is 36.1 Å². The van der Waals surface area contributed by atoms with Gasteiger partial charge in [0.2, 0.25) is 0 Å². The van der Waals surface area contributed by atoms with Crippen molar-refractivity contribution in [2.45, 2.75) is 13.0 Å². The van der Waals surface area contributed by atoms with Crippen molar-refractivity contribution in [2.75, 3.05) is 32.7 Å². The molecule has 0 spiro atoms. The van der Waals surface area contributed by atoms with E-state index in [1.807, 2.05) is 11.3 Å². The van der Waals surface area contributed by atoms with Crippen LogP contribution < -0.4 is 5.56 Å². The van der Waals surface area contributed by atoms with Crippen LogP contribution in [0.15, 0.2) is 40.5 Å². The summed E-state index contributed by atoms with van der Waals surface area (Å²) in [5.74, 6) is 0.719. The Balaban J connectivity index is 1.35. The summed E-state index contributed by atoms with van der Waals surface area (Å²) in [6.07, 6.45) is 1.12. The van der Waals surface area contributed by atoms with Gasteiger partial charge in [-0.2, -0.15) is 0 Å². The fourth-order valence-corrected chi connectivity index (χ4v) is 4.21. The maximum Gasteiger partial charge on any atom is 0.258 e. The van der Waals surface area contributed by atoms with E-state index in [9.17, 15) is 4.79 Å². The van der Waals surface area contributed by atoms with Gasteiger partial charge in [-0.15, -0.1) is 11.3 Å². The molecule has 7 heteroatoms. The first-order valence-corrected chi connectivity index (χ1v) is 10.1. The molecule has 0 amide bonds. The quantitative estimate of drug-likeness (QED) is 0.730. The van der Waals surface area contributed by atoms with Crippen LogP contribution in [0.3, 0.4) is 0 Å². The van der Waals surface area contributed by atoms with Crippen molar-refractivity contribution in [2.24, 2.45) is 0 Å². The lowest BCUT2D eigenvalue weighted by molar-refractivity contribution is 0.126. The Morgan fingerprint density at radius 2 is 1.96 bits per heavy atom. The summed E-state index contributed by atoms with van der Waals surface area (Å²) < 4.78 is 0. The number of aromatic amines is 1. The maximum absolute atomic E-state index is 12.3. The molecule has 0 bridgehead atoms. The molecule has 136 valence electrons. The Hall–Kier alpha value is -1.73. The third-order valence-corrected chi connectivity index (χ3v) is 5.98. The SMILES string of the molecule is O=c1[nH]c(CN2CCN(CCc3cccs3)CC2)nc2ccc(Cl)cc12. The summed E-state index contributed by atoms with van der Waals surface area (Å²) in [5, 5.41) is 3.23. The largest absolute Gasteiger partial charge is 0.309 e. The zero-order valence-electron chi connectivity index (χ0n) is 14.4. The van der Waals surface area contributed by atoms with Crippen LogP contribution in [0.25, 0.3) is 10.9 Å². The molecule has 3 heterocycles. The number of thiophene rings is 1. The van der Waals surface area contributed by atoms with Crippen molar-refractivity contribution >= 4 is 33.8 Å². The molecule has 26 heavy (non-hydrogen) atoms. The summed E-state index contributed by atoms with van der Waals surface area (Å²) in [6, 6.07) is 9.56. The first-order chi connectivity index (χ1) is 12.7. The van der Waals surface area contributed by atoms with Gasteiger partial charge in [-0.3, -0.25) is 9.69 Å². The van der Waals surface area contributed by atoms with Crippen LogP contribution in [0.4, 0.5) is 0 Å². The summed E-state index contributed by atoms with van der Waals surface area (Å²) in [5.41, 5.74) is 0.574. The number of hydrogen-bond donors (Lipinski definition) is 1. The van der Waals surface area contributed by atoms with E-state index in [2.05, 4.69) is 37.3 Å². The summed E-state index contributed by atoms with van der Waals surface area (Å²) in [6.45, 7) is 5.88. The number of halogens is 1. The second-order valence-electron chi connectivity index (χ2n) is 6.62. The lowest BCUT2D eigenvalue weighted by Gasteiger charge is -2.34. The Morgan fingerprint density at radius 3 is 2.73 bits per heavy atom. The first-order valence-electron chi connectivity index (χ1n) is 8.83. The highest BCUT2D eigenvalue weighted by atomic mass is 35.5. The first kappa shape index (κ1) is 17.7. The molecule has 1 aliphatic rings. The van der Waals surface area contributed by atoms with Crippen molar-refractivity contribution < 1.29 is 0 Å². The number of nitrogens with one attached hydrogen (secondary N) is 1. The molecule has 1 aromatic carbocycles. The standard InChI is InChI=1S/C19H21ClN4OS/c20-14-3-4-17-16(12-14)19(25)22-18(21-17)13-24-9-7-23(8-10-24)6-5-15-2-1-11-26-15/h1-4,11-12H,5-10,13H2,(H,21,22,25). The van der Waals surface area contributed by atoms with E-state index < -0.39 is 0 Å². The highest BCUT2D eigenvalue weighted by molar-refractivity contribution is 7.09. The van der Waals surface area contributed by atoms with Gasteiger partial charge in [0.25, 0.3) is 5.56 Å². The van der Waals surface area contributed by atoms with Crippen LogP contribution in [0, 0.1) is 0 Å². The van der Waals surface area contributed by atoms with Crippen molar-refractivity contribution in [3.8, 4) is 0 Å². The van der Waals surface area contributed by atoms with Crippen LogP contribution >= 0.6 is 22.9 Å². The summed E-state index contributed by atoms with van der Waals surface area (Å²) >= 11 is 7.79. The van der Waals surface area contributed by atoms with E-state index in [-0.39, 0.29) is 5.56 Å². The Morgan fingerprint density at radius 1 is 1.15 bits per heavy atom. The fraction of sp³-hybridized carbons (Fsp3) is 0.368. The Kier molecular flexibility index (Phi) is 5.36. The molecule has 2 aromatic heterocycles. The van der Waals surface area contributed by atoms with Crippen molar-refractivity contribution in [3.63, 3.8) is 0 Å². The third-order valence-electron chi connectivity index (χ3n) is 4.81. The minimum absolute atomic E-state index is 0.123. The topological polar surface area (TPSA) is 52.2 Å². The second kappa shape index (κ2) is 7.88. The number of aromatic nitrogens is 2. The summed E-state index contributed by atoms with van der Waals surface area (Å²) in [7, 11) is 0. The molecule has 1 fully saturated rings. The lowest BCUT2D eigenvalue weighted by Crippen LogP contribution is -2.46. The second-order valence-corrected chi connectivity index (χ2v) is 8.09. The Labute approximate surface area is 161 Å². The van der Waals surface area contributed by atoms with Crippen molar-refractivity contribution in [3.05, 3.63) is 61.8 Å². The van der Waals surface area contributed by atoms with E-state index in [0.29, 0.717) is 22.5 Å². The van der Waals surface area contributed by atoms with E-state index in [0.717, 1.165) is 45.0 Å². The number of piperazine rings is 1. The van der Waals surface area contributed by atoms with Gasteiger partial charge in [0.15, 0.2) is 0 Å². The number of H-pyrrole nitrogens is 1. The molecule has 0 unspecified atom stereocenters. The highest BCUT2D eigenvalue weighted by Gasteiger charge is 2.18. The predicted octanol–water partition coefficient (Wildman–Crippen LogP) is 3.00. The smallest absolute Gasteiger partial charge is 0.258 e. The molecule has 4 rings (SSSR count). The van der Waals surface area contributed by atoms with Gasteiger partial charge in [0.05, 0.1) is 17.4 Å². The average molecular weight is 389 g/mol. The monoisotopic (exact) mass is 388 g/mol. The zero-order chi connectivity index (χ0) is 17.9. The van der Waals surface area contributed by atoms with Gasteiger partial charge < -0.3 is 9.88 Å². The van der Waals surface area contributed by atoms with E-state index in [1.54, 1.807) is 18.2 Å². The van der Waals surface area contributed by atoms with Crippen LogP contribution in [-0.2, 0) is 13.0 Å². The molecule has 0 aliphatic carbocycles. The molecule has 0 atom stereocenters. The van der Waals surface area contributed by atoms with E-state index in [4.69, 9.17) is 11.6 Å². The van der Waals surface area contributed by atoms with Crippen LogP contribution in [-0.4, -0.2) is 52.5 Å². The van der Waals surface area contributed by atoms with Crippen LogP contribution in [0.5, 0.6) is 0 Å². The van der Waals surface area contributed by atoms with E-state index >= 15 is 0 Å². The number of nitrogens with zero attached hydrogens (tertiary/aromatic N) is 3. The van der Waals surface area contributed by atoms with Gasteiger partial charge in [-0.1, -0.05) is 17.7 Å². The molecule has 0 saturated carbocycles. The summed E-state index contributed by atoms with van der Waals surface area (Å²) in [4.78, 5) is 26.1. The minimum Gasteiger partial charge on any atom is -0.309 e. The molecule has 3 aromatic rings. The van der Waals surface area contributed by atoms with E-state index in [1.165, 1.54) is 4.88 Å². The fourth-order valence-electron chi connectivity index (χ4n) is 3.34. The molecule has 1 N–H and O–H groups in total. The lowest BCUT2D eigenvalue weighted by atomic mass is 10.2. The minimum atomic E-state index is -0.123. The highest BCUT2D eigenvalue weighted by Crippen LogP contribution is 2.15. The molecule has 5 nitrogen and oxygen atoms in total. The average Bonchev–Trinajstić information content (AvgIpc) is 3.15. The van der Waals surface area contributed by atoms with Gasteiger partial charge in [0, 0.05) is 42.6 Å². The molecular formula is C19H21ClN4OS. The van der Waals surface area contributed by atoms with Gasteiger partial charge >= 0.3 is 0 Å². The number of rotatable bonds is 5. The molecule has 1 aliphatic heterocycles.